The van der Waals surface area contributed by atoms with Gasteiger partial charge in [0.05, 0.1) is 5.69 Å². The van der Waals surface area contributed by atoms with E-state index in [1.165, 1.54) is 11.3 Å². The summed E-state index contributed by atoms with van der Waals surface area (Å²) in [6.07, 6.45) is 2.30. The number of aromatic nitrogens is 1. The van der Waals surface area contributed by atoms with Crippen LogP contribution in [0.15, 0.2) is 0 Å². The number of amides is 1. The van der Waals surface area contributed by atoms with Crippen molar-refractivity contribution in [1.29, 1.82) is 0 Å². The highest BCUT2D eigenvalue weighted by molar-refractivity contribution is 7.98. The molecule has 1 fully saturated rings. The summed E-state index contributed by atoms with van der Waals surface area (Å²) in [6.45, 7) is 2.12. The van der Waals surface area contributed by atoms with E-state index in [0.717, 1.165) is 35.0 Å². The Balaban J connectivity index is 2.19. The quantitative estimate of drug-likeness (QED) is 0.480. The highest BCUT2D eigenvalue weighted by Gasteiger charge is 2.31. The van der Waals surface area contributed by atoms with E-state index >= 15 is 0 Å². The number of carbonyl (C=O) groups is 1. The van der Waals surface area contributed by atoms with E-state index in [-0.39, 0.29) is 5.91 Å². The Labute approximate surface area is 103 Å². The summed E-state index contributed by atoms with van der Waals surface area (Å²) in [4.78, 5) is 16.8. The summed E-state index contributed by atoms with van der Waals surface area (Å²) < 4.78 is 0. The molecule has 0 atom stereocenters. The maximum Gasteiger partial charge on any atom is 0.277 e. The Morgan fingerprint density at radius 3 is 3.00 bits per heavy atom. The molecular formula is C10H15N3OS2. The fraction of sp³-hybridized carbons (Fsp3) is 0.600. The van der Waals surface area contributed by atoms with Crippen LogP contribution in [0.1, 0.15) is 46.1 Å². The Hall–Kier alpha value is -0.590. The summed E-state index contributed by atoms with van der Waals surface area (Å²) in [6, 6.07) is 0. The molecule has 1 heterocycles. The van der Waals surface area contributed by atoms with Crippen LogP contribution in [-0.2, 0) is 5.75 Å². The molecule has 0 radical (unpaired) electrons. The van der Waals surface area contributed by atoms with Gasteiger partial charge in [-0.15, -0.1) is 11.3 Å². The first kappa shape index (κ1) is 11.9. The Morgan fingerprint density at radius 2 is 2.44 bits per heavy atom. The molecule has 1 aromatic rings. The highest BCUT2D eigenvalue weighted by atomic mass is 32.2. The molecule has 1 amide bonds. The van der Waals surface area contributed by atoms with Crippen LogP contribution in [0, 0.1) is 0 Å². The lowest BCUT2D eigenvalue weighted by atomic mass is 10.2. The molecule has 3 N–H and O–H groups in total. The van der Waals surface area contributed by atoms with Crippen molar-refractivity contribution in [2.45, 2.75) is 31.4 Å². The fourth-order valence-corrected chi connectivity index (χ4v) is 3.27. The molecule has 88 valence electrons. The normalized spacial score (nSPS) is 15.1. The van der Waals surface area contributed by atoms with Crippen molar-refractivity contribution in [3.63, 3.8) is 0 Å². The largest absolute Gasteiger partial charge is 0.289 e. The monoisotopic (exact) mass is 257 g/mol. The molecule has 2 rings (SSSR count). The number of nitrogens with zero attached hydrogens (tertiary/aromatic N) is 1. The van der Waals surface area contributed by atoms with Crippen molar-refractivity contribution in [1.82, 2.24) is 10.4 Å². The fourth-order valence-electron chi connectivity index (χ4n) is 1.49. The van der Waals surface area contributed by atoms with Gasteiger partial charge in [-0.1, -0.05) is 6.92 Å². The molecule has 1 aliphatic rings. The molecular weight excluding hydrogens is 242 g/mol. The Bertz CT molecular complexity index is 387. The summed E-state index contributed by atoms with van der Waals surface area (Å²) in [5.41, 5.74) is 3.16. The lowest BCUT2D eigenvalue weighted by Gasteiger charge is -1.97. The maximum atomic E-state index is 11.6. The first-order valence-corrected chi connectivity index (χ1v) is 7.31. The summed E-state index contributed by atoms with van der Waals surface area (Å²) >= 11 is 3.30. The molecule has 0 unspecified atom stereocenters. The molecule has 0 spiro atoms. The van der Waals surface area contributed by atoms with Crippen LogP contribution in [0.3, 0.4) is 0 Å². The van der Waals surface area contributed by atoms with E-state index in [0.29, 0.717) is 10.8 Å². The van der Waals surface area contributed by atoms with Crippen LogP contribution in [0.4, 0.5) is 0 Å². The molecule has 0 saturated heterocycles. The van der Waals surface area contributed by atoms with Crippen molar-refractivity contribution in [2.75, 3.05) is 5.75 Å². The van der Waals surface area contributed by atoms with E-state index in [4.69, 9.17) is 5.84 Å². The van der Waals surface area contributed by atoms with Gasteiger partial charge in [0.2, 0.25) is 0 Å². The lowest BCUT2D eigenvalue weighted by Crippen LogP contribution is -2.30. The van der Waals surface area contributed by atoms with Gasteiger partial charge >= 0.3 is 0 Å². The van der Waals surface area contributed by atoms with E-state index < -0.39 is 0 Å². The first-order chi connectivity index (χ1) is 7.76. The number of hydrazine groups is 1. The SMILES string of the molecule is CCSCc1nc(C2CC2)c(C(=O)NN)s1. The number of carbonyl (C=O) groups excluding carboxylic acids is 1. The molecule has 4 nitrogen and oxygen atoms in total. The minimum absolute atomic E-state index is 0.202. The van der Waals surface area contributed by atoms with Crippen molar-refractivity contribution >= 4 is 29.0 Å². The van der Waals surface area contributed by atoms with Crippen molar-refractivity contribution < 1.29 is 4.79 Å². The number of thiazole rings is 1. The zero-order chi connectivity index (χ0) is 11.5. The molecule has 1 aromatic heterocycles. The van der Waals surface area contributed by atoms with Gasteiger partial charge in [0.25, 0.3) is 5.91 Å². The second kappa shape index (κ2) is 5.16. The average molecular weight is 257 g/mol. The van der Waals surface area contributed by atoms with Gasteiger partial charge in [0.15, 0.2) is 0 Å². The molecule has 6 heteroatoms. The van der Waals surface area contributed by atoms with Crippen LogP contribution in [0.2, 0.25) is 0 Å². The number of nitrogens with two attached hydrogens (primary N) is 1. The second-order valence-electron chi connectivity index (χ2n) is 3.71. The van der Waals surface area contributed by atoms with Crippen LogP contribution in [0.25, 0.3) is 0 Å². The van der Waals surface area contributed by atoms with Gasteiger partial charge in [-0.2, -0.15) is 11.8 Å². The van der Waals surface area contributed by atoms with Crippen molar-refractivity contribution in [2.24, 2.45) is 5.84 Å². The maximum absolute atomic E-state index is 11.6. The second-order valence-corrected chi connectivity index (χ2v) is 6.06. The molecule has 0 aromatic carbocycles. The third-order valence-electron chi connectivity index (χ3n) is 2.43. The van der Waals surface area contributed by atoms with Gasteiger partial charge in [-0.3, -0.25) is 10.2 Å². The van der Waals surface area contributed by atoms with Gasteiger partial charge < -0.3 is 0 Å². The van der Waals surface area contributed by atoms with E-state index in [9.17, 15) is 4.79 Å². The number of hydrogen-bond acceptors (Lipinski definition) is 5. The molecule has 0 bridgehead atoms. The van der Waals surface area contributed by atoms with Gasteiger partial charge in [-0.25, -0.2) is 10.8 Å². The molecule has 0 aliphatic heterocycles. The number of hydrogen-bond donors (Lipinski definition) is 2. The molecule has 16 heavy (non-hydrogen) atoms. The summed E-state index contributed by atoms with van der Waals surface area (Å²) in [5, 5.41) is 1.03. The van der Waals surface area contributed by atoms with Crippen LogP contribution >= 0.6 is 23.1 Å². The minimum atomic E-state index is -0.202. The van der Waals surface area contributed by atoms with E-state index in [2.05, 4.69) is 17.3 Å². The predicted molar refractivity (Wildman–Crippen MR) is 67.6 cm³/mol. The number of rotatable bonds is 5. The van der Waals surface area contributed by atoms with Crippen LogP contribution < -0.4 is 11.3 Å². The van der Waals surface area contributed by atoms with Crippen LogP contribution in [-0.4, -0.2) is 16.6 Å². The highest BCUT2D eigenvalue weighted by Crippen LogP contribution is 2.42. The third kappa shape index (κ3) is 2.56. The Morgan fingerprint density at radius 1 is 1.69 bits per heavy atom. The zero-order valence-corrected chi connectivity index (χ0v) is 10.8. The van der Waals surface area contributed by atoms with Crippen molar-refractivity contribution in [3.8, 4) is 0 Å². The number of nitrogen functional groups attached to an aromatic ring is 1. The Kier molecular flexibility index (Phi) is 3.83. The standard InChI is InChI=1S/C10H15N3OS2/c1-2-15-5-7-12-8(6-3-4-6)9(16-7)10(14)13-11/h6H,2-5,11H2,1H3,(H,13,14). The molecule has 1 aliphatic carbocycles. The number of thioether (sulfide) groups is 1. The van der Waals surface area contributed by atoms with Gasteiger partial charge in [-0.05, 0) is 18.6 Å². The van der Waals surface area contributed by atoms with E-state index in [1.54, 1.807) is 0 Å². The van der Waals surface area contributed by atoms with Crippen LogP contribution in [0.5, 0.6) is 0 Å². The van der Waals surface area contributed by atoms with E-state index in [1.807, 2.05) is 11.8 Å². The number of nitrogens with one attached hydrogen (secondary N) is 1. The molecule has 1 saturated carbocycles. The summed E-state index contributed by atoms with van der Waals surface area (Å²) in [5.74, 6) is 7.42. The van der Waals surface area contributed by atoms with Gasteiger partial charge in [0, 0.05) is 11.7 Å². The lowest BCUT2D eigenvalue weighted by molar-refractivity contribution is 0.0956. The summed E-state index contributed by atoms with van der Waals surface area (Å²) in [7, 11) is 0. The zero-order valence-electron chi connectivity index (χ0n) is 9.16. The topological polar surface area (TPSA) is 68.0 Å². The predicted octanol–water partition coefficient (Wildman–Crippen LogP) is 1.88. The average Bonchev–Trinajstić information content (AvgIpc) is 3.06. The van der Waals surface area contributed by atoms with Gasteiger partial charge in [0.1, 0.15) is 9.88 Å². The van der Waals surface area contributed by atoms with Crippen molar-refractivity contribution in [3.05, 3.63) is 15.6 Å². The smallest absolute Gasteiger partial charge is 0.277 e. The third-order valence-corrected chi connectivity index (χ3v) is 4.57. The minimum Gasteiger partial charge on any atom is -0.289 e. The first-order valence-electron chi connectivity index (χ1n) is 5.34.